The maximum absolute atomic E-state index is 12.4. The van der Waals surface area contributed by atoms with Crippen LogP contribution >= 0.6 is 12.4 Å². The number of carbonyl (C=O) groups is 1. The largest absolute Gasteiger partial charge is 0.326 e. The molecule has 1 amide bonds. The lowest BCUT2D eigenvalue weighted by molar-refractivity contribution is -0.118. The summed E-state index contributed by atoms with van der Waals surface area (Å²) in [7, 11) is -3.20. The van der Waals surface area contributed by atoms with Crippen LogP contribution in [0, 0.1) is 11.3 Å². The van der Waals surface area contributed by atoms with Crippen molar-refractivity contribution in [1.29, 1.82) is 0 Å². The van der Waals surface area contributed by atoms with Crippen LogP contribution < -0.4 is 15.4 Å². The third-order valence-electron chi connectivity index (χ3n) is 4.87. The summed E-state index contributed by atoms with van der Waals surface area (Å²) in [5.41, 5.74) is 1.85. The highest BCUT2D eigenvalue weighted by Crippen LogP contribution is 2.58. The van der Waals surface area contributed by atoms with Gasteiger partial charge in [0.25, 0.3) is 0 Å². The minimum atomic E-state index is -3.20. The Morgan fingerprint density at radius 3 is 2.46 bits per heavy atom. The van der Waals surface area contributed by atoms with E-state index in [4.69, 9.17) is 0 Å². The van der Waals surface area contributed by atoms with Gasteiger partial charge in [-0.15, -0.1) is 12.4 Å². The SMILES string of the molecule is CS(=O)(=O)NCc1ccc(NC(=O)C2CC23CCNCC3)cc1.Cl. The topological polar surface area (TPSA) is 87.3 Å². The highest BCUT2D eigenvalue weighted by molar-refractivity contribution is 7.88. The molecule has 3 N–H and O–H groups in total. The van der Waals surface area contributed by atoms with Crippen molar-refractivity contribution in [1.82, 2.24) is 10.0 Å². The first-order valence-corrected chi connectivity index (χ1v) is 9.82. The van der Waals surface area contributed by atoms with Gasteiger partial charge >= 0.3 is 0 Å². The molecular formula is C16H24ClN3O3S. The van der Waals surface area contributed by atoms with Gasteiger partial charge in [0, 0.05) is 18.2 Å². The van der Waals surface area contributed by atoms with E-state index in [1.165, 1.54) is 0 Å². The van der Waals surface area contributed by atoms with Gasteiger partial charge in [0.2, 0.25) is 15.9 Å². The van der Waals surface area contributed by atoms with Gasteiger partial charge in [-0.1, -0.05) is 12.1 Å². The molecule has 1 atom stereocenters. The lowest BCUT2D eigenvalue weighted by atomic mass is 9.92. The monoisotopic (exact) mass is 373 g/mol. The Bertz CT molecular complexity index is 685. The fourth-order valence-electron chi connectivity index (χ4n) is 3.35. The molecule has 134 valence electrons. The fraction of sp³-hybridized carbons (Fsp3) is 0.562. The van der Waals surface area contributed by atoms with Crippen LogP contribution in [-0.2, 0) is 21.4 Å². The van der Waals surface area contributed by atoms with E-state index >= 15 is 0 Å². The van der Waals surface area contributed by atoms with E-state index < -0.39 is 10.0 Å². The quantitative estimate of drug-likeness (QED) is 0.729. The molecule has 0 aromatic heterocycles. The Kier molecular flexibility index (Phi) is 5.91. The number of hydrogen-bond acceptors (Lipinski definition) is 4. The van der Waals surface area contributed by atoms with Crippen LogP contribution in [0.4, 0.5) is 5.69 Å². The third-order valence-corrected chi connectivity index (χ3v) is 5.53. The number of carbonyl (C=O) groups excluding carboxylic acids is 1. The van der Waals surface area contributed by atoms with Gasteiger partial charge in [-0.3, -0.25) is 4.79 Å². The van der Waals surface area contributed by atoms with Gasteiger partial charge in [0.05, 0.1) is 6.26 Å². The average molecular weight is 374 g/mol. The molecule has 1 saturated heterocycles. The molecule has 1 aliphatic heterocycles. The van der Waals surface area contributed by atoms with Crippen LogP contribution in [0.15, 0.2) is 24.3 Å². The molecule has 1 aromatic carbocycles. The summed E-state index contributed by atoms with van der Waals surface area (Å²) in [4.78, 5) is 12.4. The molecule has 1 aromatic rings. The molecule has 1 saturated carbocycles. The van der Waals surface area contributed by atoms with E-state index in [0.29, 0.717) is 0 Å². The second-order valence-electron chi connectivity index (χ2n) is 6.65. The number of amides is 1. The van der Waals surface area contributed by atoms with Crippen molar-refractivity contribution in [3.63, 3.8) is 0 Å². The van der Waals surface area contributed by atoms with Crippen molar-refractivity contribution in [2.24, 2.45) is 11.3 Å². The maximum atomic E-state index is 12.4. The number of nitrogens with one attached hydrogen (secondary N) is 3. The van der Waals surface area contributed by atoms with E-state index in [1.807, 2.05) is 24.3 Å². The van der Waals surface area contributed by atoms with Crippen LogP contribution in [-0.4, -0.2) is 33.7 Å². The average Bonchev–Trinajstić information content (AvgIpc) is 3.20. The zero-order valence-electron chi connectivity index (χ0n) is 13.7. The number of rotatable bonds is 5. The number of anilines is 1. The van der Waals surface area contributed by atoms with E-state index in [2.05, 4.69) is 15.4 Å². The summed E-state index contributed by atoms with van der Waals surface area (Å²) in [6.07, 6.45) is 4.30. The summed E-state index contributed by atoms with van der Waals surface area (Å²) < 4.78 is 24.6. The molecule has 2 aliphatic rings. The predicted molar refractivity (Wildman–Crippen MR) is 96.6 cm³/mol. The van der Waals surface area contributed by atoms with Crippen molar-refractivity contribution in [3.05, 3.63) is 29.8 Å². The molecule has 1 unspecified atom stereocenters. The first kappa shape index (κ1) is 19.2. The minimum Gasteiger partial charge on any atom is -0.326 e. The van der Waals surface area contributed by atoms with Gasteiger partial charge in [-0.25, -0.2) is 13.1 Å². The van der Waals surface area contributed by atoms with Crippen LogP contribution in [0.1, 0.15) is 24.8 Å². The first-order valence-electron chi connectivity index (χ1n) is 7.93. The smallest absolute Gasteiger partial charge is 0.228 e. The number of hydrogen-bond donors (Lipinski definition) is 3. The predicted octanol–water partition coefficient (Wildman–Crippen LogP) is 1.49. The molecule has 2 fully saturated rings. The van der Waals surface area contributed by atoms with Gasteiger partial charge in [-0.05, 0) is 55.5 Å². The van der Waals surface area contributed by atoms with Gasteiger partial charge in [0.1, 0.15) is 0 Å². The van der Waals surface area contributed by atoms with Crippen LogP contribution in [0.3, 0.4) is 0 Å². The zero-order valence-corrected chi connectivity index (χ0v) is 15.3. The van der Waals surface area contributed by atoms with Crippen molar-refractivity contribution < 1.29 is 13.2 Å². The van der Waals surface area contributed by atoms with E-state index in [1.54, 1.807) is 0 Å². The number of sulfonamides is 1. The Morgan fingerprint density at radius 1 is 1.25 bits per heavy atom. The lowest BCUT2D eigenvalue weighted by Gasteiger charge is -2.23. The molecule has 8 heteroatoms. The summed E-state index contributed by atoms with van der Waals surface area (Å²) >= 11 is 0. The summed E-state index contributed by atoms with van der Waals surface area (Å²) in [5, 5.41) is 6.31. The zero-order chi connectivity index (χ0) is 16.5. The standard InChI is InChI=1S/C16H23N3O3S.ClH/c1-23(21,22)18-11-12-2-4-13(5-3-12)19-15(20)14-10-16(14)6-8-17-9-7-16;/h2-5,14,17-18H,6-11H2,1H3,(H,19,20);1H. The Labute approximate surface area is 149 Å². The molecule has 1 aliphatic carbocycles. The molecule has 3 rings (SSSR count). The minimum absolute atomic E-state index is 0. The molecule has 24 heavy (non-hydrogen) atoms. The first-order chi connectivity index (χ1) is 10.9. The Balaban J connectivity index is 0.00000208. The van der Waals surface area contributed by atoms with Gasteiger partial charge in [-0.2, -0.15) is 0 Å². The van der Waals surface area contributed by atoms with Crippen molar-refractivity contribution in [2.45, 2.75) is 25.8 Å². The van der Waals surface area contributed by atoms with E-state index in [0.717, 1.165) is 49.9 Å². The molecular weight excluding hydrogens is 350 g/mol. The van der Waals surface area contributed by atoms with E-state index in [9.17, 15) is 13.2 Å². The summed E-state index contributed by atoms with van der Waals surface area (Å²) in [5.74, 6) is 0.241. The summed E-state index contributed by atoms with van der Waals surface area (Å²) in [6, 6.07) is 7.27. The number of halogens is 1. The van der Waals surface area contributed by atoms with Gasteiger partial charge in [0.15, 0.2) is 0 Å². The van der Waals surface area contributed by atoms with Crippen LogP contribution in [0.2, 0.25) is 0 Å². The Hall–Kier alpha value is -1.15. The maximum Gasteiger partial charge on any atom is 0.228 e. The van der Waals surface area contributed by atoms with E-state index in [-0.39, 0.29) is 36.2 Å². The van der Waals surface area contributed by atoms with Crippen molar-refractivity contribution >= 4 is 34.0 Å². The second-order valence-corrected chi connectivity index (χ2v) is 8.48. The molecule has 0 bridgehead atoms. The highest BCUT2D eigenvalue weighted by Gasteiger charge is 2.57. The molecule has 6 nitrogen and oxygen atoms in total. The van der Waals surface area contributed by atoms with Gasteiger partial charge < -0.3 is 10.6 Å². The molecule has 1 spiro atoms. The number of piperidine rings is 1. The molecule has 1 heterocycles. The molecule has 0 radical (unpaired) electrons. The normalized spacial score (nSPS) is 21.8. The highest BCUT2D eigenvalue weighted by atomic mass is 35.5. The van der Waals surface area contributed by atoms with Crippen LogP contribution in [0.5, 0.6) is 0 Å². The third kappa shape index (κ3) is 4.69. The van der Waals surface area contributed by atoms with Crippen molar-refractivity contribution in [2.75, 3.05) is 24.7 Å². The lowest BCUT2D eigenvalue weighted by Crippen LogP contribution is -2.31. The van der Waals surface area contributed by atoms with Crippen LogP contribution in [0.25, 0.3) is 0 Å². The second kappa shape index (κ2) is 7.39. The fourth-order valence-corrected chi connectivity index (χ4v) is 3.77. The van der Waals surface area contributed by atoms with Crippen molar-refractivity contribution in [3.8, 4) is 0 Å². The summed E-state index contributed by atoms with van der Waals surface area (Å²) in [6.45, 7) is 2.27. The Morgan fingerprint density at radius 2 is 1.88 bits per heavy atom. The number of benzene rings is 1.